The summed E-state index contributed by atoms with van der Waals surface area (Å²) in [6, 6.07) is 9.62. The molecule has 1 saturated heterocycles. The number of nitro benzene ring substituents is 1. The van der Waals surface area contributed by atoms with Crippen molar-refractivity contribution in [2.45, 2.75) is 24.6 Å². The van der Waals surface area contributed by atoms with E-state index >= 15 is 0 Å². The number of nitro groups is 1. The van der Waals surface area contributed by atoms with E-state index in [0.29, 0.717) is 5.56 Å². The van der Waals surface area contributed by atoms with E-state index in [1.54, 1.807) is 6.07 Å². The zero-order valence-electron chi connectivity index (χ0n) is 16.9. The number of benzene rings is 2. The molecule has 170 valence electrons. The lowest BCUT2D eigenvalue weighted by Gasteiger charge is -2.16. The van der Waals surface area contributed by atoms with Gasteiger partial charge in [0.25, 0.3) is 5.69 Å². The Kier molecular flexibility index (Phi) is 7.25. The highest BCUT2D eigenvalue weighted by Crippen LogP contribution is 2.27. The van der Waals surface area contributed by atoms with Crippen molar-refractivity contribution in [1.29, 1.82) is 0 Å². The minimum Gasteiger partial charge on any atom is -0.504 e. The molecule has 1 fully saturated rings. The highest BCUT2D eigenvalue weighted by Gasteiger charge is 2.44. The first kappa shape index (κ1) is 23.0. The van der Waals surface area contributed by atoms with Crippen LogP contribution in [0.2, 0.25) is 0 Å². The van der Waals surface area contributed by atoms with Gasteiger partial charge in [-0.05, 0) is 35.9 Å². The number of phenols is 1. The van der Waals surface area contributed by atoms with Gasteiger partial charge in [0.2, 0.25) is 6.29 Å². The Bertz CT molecular complexity index is 991. The van der Waals surface area contributed by atoms with E-state index in [1.807, 2.05) is 0 Å². The van der Waals surface area contributed by atoms with E-state index in [-0.39, 0.29) is 29.5 Å². The Labute approximate surface area is 182 Å². The third-order valence-corrected chi connectivity index (χ3v) is 4.62. The van der Waals surface area contributed by atoms with Gasteiger partial charge in [0, 0.05) is 18.2 Å². The number of hydrogen-bond donors (Lipinski definition) is 3. The van der Waals surface area contributed by atoms with E-state index in [2.05, 4.69) is 0 Å². The summed E-state index contributed by atoms with van der Waals surface area (Å²) in [5.74, 6) is -0.321. The summed E-state index contributed by atoms with van der Waals surface area (Å²) in [4.78, 5) is 22.1. The first-order chi connectivity index (χ1) is 15.3. The van der Waals surface area contributed by atoms with Gasteiger partial charge >= 0.3 is 5.97 Å². The van der Waals surface area contributed by atoms with Gasteiger partial charge in [0.15, 0.2) is 11.5 Å². The molecule has 4 unspecified atom stereocenters. The number of nitrogens with zero attached hydrogens (tertiary/aromatic N) is 1. The number of esters is 1. The average molecular weight is 447 g/mol. The monoisotopic (exact) mass is 447 g/mol. The van der Waals surface area contributed by atoms with Crippen molar-refractivity contribution in [2.24, 2.45) is 0 Å². The summed E-state index contributed by atoms with van der Waals surface area (Å²) in [7, 11) is 1.40. The topological polar surface area (TPSA) is 158 Å². The molecule has 4 atom stereocenters. The number of non-ortho nitro benzene ring substituents is 1. The van der Waals surface area contributed by atoms with E-state index < -0.39 is 35.5 Å². The molecular weight excluding hydrogens is 426 g/mol. The fourth-order valence-corrected chi connectivity index (χ4v) is 2.90. The molecule has 0 aliphatic carbocycles. The maximum atomic E-state index is 12.0. The molecule has 0 amide bonds. The van der Waals surface area contributed by atoms with Crippen LogP contribution in [0.3, 0.4) is 0 Å². The van der Waals surface area contributed by atoms with Crippen molar-refractivity contribution in [1.82, 2.24) is 0 Å². The van der Waals surface area contributed by atoms with E-state index in [0.717, 1.165) is 6.08 Å². The lowest BCUT2D eigenvalue weighted by atomic mass is 10.1. The molecule has 0 spiro atoms. The van der Waals surface area contributed by atoms with Gasteiger partial charge in [0.1, 0.15) is 30.7 Å². The lowest BCUT2D eigenvalue weighted by Crippen LogP contribution is -2.36. The molecule has 1 aliphatic rings. The third kappa shape index (κ3) is 5.52. The van der Waals surface area contributed by atoms with Crippen LogP contribution in [0.5, 0.6) is 17.2 Å². The maximum absolute atomic E-state index is 12.0. The van der Waals surface area contributed by atoms with Crippen molar-refractivity contribution in [2.75, 3.05) is 13.7 Å². The number of aromatic hydroxyl groups is 1. The van der Waals surface area contributed by atoms with Gasteiger partial charge in [-0.2, -0.15) is 0 Å². The zero-order chi connectivity index (χ0) is 23.3. The Balaban J connectivity index is 1.52. The second-order valence-electron chi connectivity index (χ2n) is 6.79. The first-order valence-electron chi connectivity index (χ1n) is 9.43. The van der Waals surface area contributed by atoms with Gasteiger partial charge < -0.3 is 34.3 Å². The van der Waals surface area contributed by atoms with Gasteiger partial charge in [-0.25, -0.2) is 4.79 Å². The highest BCUT2D eigenvalue weighted by atomic mass is 16.7. The average Bonchev–Trinajstić information content (AvgIpc) is 3.05. The normalized spacial score (nSPS) is 22.6. The number of rotatable bonds is 8. The van der Waals surface area contributed by atoms with Crippen LogP contribution in [0.1, 0.15) is 5.56 Å². The van der Waals surface area contributed by atoms with Crippen molar-refractivity contribution < 1.29 is 44.0 Å². The van der Waals surface area contributed by atoms with Crippen molar-refractivity contribution in [3.05, 3.63) is 64.2 Å². The van der Waals surface area contributed by atoms with Crippen molar-refractivity contribution in [3.8, 4) is 17.2 Å². The summed E-state index contributed by atoms with van der Waals surface area (Å²) in [5, 5.41) is 40.5. The number of hydrogen-bond acceptors (Lipinski definition) is 10. The Morgan fingerprint density at radius 1 is 1.19 bits per heavy atom. The largest absolute Gasteiger partial charge is 0.504 e. The molecule has 0 aromatic heterocycles. The molecule has 0 bridgehead atoms. The van der Waals surface area contributed by atoms with Crippen LogP contribution in [0, 0.1) is 10.1 Å². The van der Waals surface area contributed by atoms with Gasteiger partial charge in [-0.3, -0.25) is 10.1 Å². The molecular formula is C21H21NO10. The number of aliphatic hydroxyl groups excluding tert-OH is 2. The highest BCUT2D eigenvalue weighted by molar-refractivity contribution is 5.87. The van der Waals surface area contributed by atoms with E-state index in [1.165, 1.54) is 49.6 Å². The molecule has 32 heavy (non-hydrogen) atoms. The van der Waals surface area contributed by atoms with Crippen LogP contribution >= 0.6 is 0 Å². The third-order valence-electron chi connectivity index (χ3n) is 4.62. The minimum absolute atomic E-state index is 0.0383. The van der Waals surface area contributed by atoms with Gasteiger partial charge in [-0.15, -0.1) is 0 Å². The minimum atomic E-state index is -1.42. The molecule has 2 aromatic carbocycles. The van der Waals surface area contributed by atoms with Crippen LogP contribution in [-0.4, -0.2) is 64.5 Å². The number of carbonyl (C=O) groups is 1. The summed E-state index contributed by atoms with van der Waals surface area (Å²) < 4.78 is 20.9. The Morgan fingerprint density at radius 2 is 1.91 bits per heavy atom. The van der Waals surface area contributed by atoms with Crippen LogP contribution in [0.4, 0.5) is 5.69 Å². The second kappa shape index (κ2) is 10.1. The summed E-state index contributed by atoms with van der Waals surface area (Å²) in [6.07, 6.45) is -2.50. The molecule has 1 aliphatic heterocycles. The Hall–Kier alpha value is -3.67. The van der Waals surface area contributed by atoms with Crippen LogP contribution < -0.4 is 9.47 Å². The number of ether oxygens (including phenoxy) is 4. The predicted octanol–water partition coefficient (Wildman–Crippen LogP) is 1.39. The standard InChI is InChI=1S/C21H21NO10/c1-29-16-10-12(2-8-15(16)23)3-9-18(24)30-11-17-19(25)20(26)21(32-17)31-14-6-4-13(5-7-14)22(27)28/h2-10,17,19-21,23,25-26H,11H2,1H3/b9-3+. The van der Waals surface area contributed by atoms with Crippen molar-refractivity contribution in [3.63, 3.8) is 0 Å². The molecule has 2 aromatic rings. The molecule has 0 saturated carbocycles. The van der Waals surface area contributed by atoms with Crippen LogP contribution in [-0.2, 0) is 14.3 Å². The molecule has 1 heterocycles. The zero-order valence-corrected chi connectivity index (χ0v) is 16.9. The molecule has 3 rings (SSSR count). The van der Waals surface area contributed by atoms with E-state index in [4.69, 9.17) is 18.9 Å². The van der Waals surface area contributed by atoms with Crippen LogP contribution in [0.15, 0.2) is 48.5 Å². The van der Waals surface area contributed by atoms with Gasteiger partial charge in [0.05, 0.1) is 12.0 Å². The number of aliphatic hydroxyl groups is 2. The molecule has 11 nitrogen and oxygen atoms in total. The van der Waals surface area contributed by atoms with Crippen molar-refractivity contribution >= 4 is 17.7 Å². The smallest absolute Gasteiger partial charge is 0.330 e. The number of methoxy groups -OCH3 is 1. The predicted molar refractivity (Wildman–Crippen MR) is 109 cm³/mol. The molecule has 11 heteroatoms. The summed E-state index contributed by atoms with van der Waals surface area (Å²) in [5.41, 5.74) is 0.453. The fraction of sp³-hybridized carbons (Fsp3) is 0.286. The van der Waals surface area contributed by atoms with E-state index in [9.17, 15) is 30.2 Å². The first-order valence-corrected chi connectivity index (χ1v) is 9.43. The number of phenolic OH excluding ortho intramolecular Hbond substituents is 1. The second-order valence-corrected chi connectivity index (χ2v) is 6.79. The summed E-state index contributed by atoms with van der Waals surface area (Å²) >= 11 is 0. The quantitative estimate of drug-likeness (QED) is 0.234. The summed E-state index contributed by atoms with van der Waals surface area (Å²) in [6.45, 7) is -0.347. The van der Waals surface area contributed by atoms with Crippen LogP contribution in [0.25, 0.3) is 6.08 Å². The number of carbonyl (C=O) groups excluding carboxylic acids is 1. The maximum Gasteiger partial charge on any atom is 0.330 e. The van der Waals surface area contributed by atoms with Gasteiger partial charge in [-0.1, -0.05) is 6.07 Å². The molecule has 0 radical (unpaired) electrons. The fourth-order valence-electron chi connectivity index (χ4n) is 2.90. The Morgan fingerprint density at radius 3 is 2.56 bits per heavy atom. The SMILES string of the molecule is COc1cc(/C=C/C(=O)OCC2OC(Oc3ccc([N+](=O)[O-])cc3)C(O)C2O)ccc1O. The molecule has 3 N–H and O–H groups in total. The lowest BCUT2D eigenvalue weighted by molar-refractivity contribution is -0.384.